The first kappa shape index (κ1) is 16.8. The summed E-state index contributed by atoms with van der Waals surface area (Å²) in [7, 11) is 0. The Morgan fingerprint density at radius 3 is 2.55 bits per heavy atom. The van der Waals surface area contributed by atoms with Crippen LogP contribution in [0.2, 0.25) is 0 Å². The van der Waals surface area contributed by atoms with E-state index < -0.39 is 6.10 Å². The zero-order chi connectivity index (χ0) is 15.0. The summed E-state index contributed by atoms with van der Waals surface area (Å²) < 4.78 is 11.4. The van der Waals surface area contributed by atoms with Crippen molar-refractivity contribution in [2.24, 2.45) is 0 Å². The fourth-order valence-electron chi connectivity index (χ4n) is 1.74. The molecule has 0 aliphatic heterocycles. The number of ether oxygens (including phenoxy) is 2. The number of nitrogens with one attached hydrogen (secondary N) is 1. The van der Waals surface area contributed by atoms with Crippen LogP contribution < -0.4 is 14.8 Å². The molecular weight excluding hydrogens is 254 g/mol. The van der Waals surface area contributed by atoms with Gasteiger partial charge in [0.05, 0.1) is 12.7 Å². The zero-order valence-electron chi connectivity index (χ0n) is 13.0. The van der Waals surface area contributed by atoms with Crippen molar-refractivity contribution in [1.82, 2.24) is 5.32 Å². The molecule has 2 N–H and O–H groups in total. The molecule has 1 rings (SSSR count). The van der Waals surface area contributed by atoms with Crippen LogP contribution in [0.1, 0.15) is 39.7 Å². The second-order valence-electron chi connectivity index (χ2n) is 4.95. The smallest absolute Gasteiger partial charge is 0.161 e. The Labute approximate surface area is 122 Å². The highest BCUT2D eigenvalue weighted by molar-refractivity contribution is 5.43. The Balaban J connectivity index is 2.78. The molecule has 4 heteroatoms. The third-order valence-electron chi connectivity index (χ3n) is 3.06. The molecule has 1 aromatic rings. The van der Waals surface area contributed by atoms with Gasteiger partial charge in [0.25, 0.3) is 0 Å². The Kier molecular flexibility index (Phi) is 7.41. The van der Waals surface area contributed by atoms with E-state index in [1.807, 2.05) is 32.0 Å². The van der Waals surface area contributed by atoms with Crippen LogP contribution in [0.4, 0.5) is 0 Å². The second-order valence-corrected chi connectivity index (χ2v) is 4.95. The second kappa shape index (κ2) is 8.82. The molecule has 0 saturated heterocycles. The number of rotatable bonds is 9. The van der Waals surface area contributed by atoms with Crippen LogP contribution in [0.3, 0.4) is 0 Å². The van der Waals surface area contributed by atoms with Crippen LogP contribution in [-0.2, 0) is 6.54 Å². The fourth-order valence-corrected chi connectivity index (χ4v) is 1.74. The van der Waals surface area contributed by atoms with Crippen LogP contribution >= 0.6 is 0 Å². The normalized spacial score (nSPS) is 13.8. The summed E-state index contributed by atoms with van der Waals surface area (Å²) in [4.78, 5) is 0. The molecule has 0 aromatic heterocycles. The summed E-state index contributed by atoms with van der Waals surface area (Å²) >= 11 is 0. The first-order valence-corrected chi connectivity index (χ1v) is 7.39. The van der Waals surface area contributed by atoms with E-state index in [1.165, 1.54) is 5.56 Å². The molecule has 0 fully saturated rings. The van der Waals surface area contributed by atoms with Crippen molar-refractivity contribution >= 4 is 0 Å². The van der Waals surface area contributed by atoms with Crippen molar-refractivity contribution < 1.29 is 14.6 Å². The minimum atomic E-state index is -0.518. The van der Waals surface area contributed by atoms with Gasteiger partial charge in [0.2, 0.25) is 0 Å². The van der Waals surface area contributed by atoms with Crippen molar-refractivity contribution in [3.05, 3.63) is 23.8 Å². The Morgan fingerprint density at radius 2 is 1.95 bits per heavy atom. The topological polar surface area (TPSA) is 50.7 Å². The number of benzene rings is 1. The lowest BCUT2D eigenvalue weighted by atomic mass is 10.2. The standard InChI is InChI=1S/C16H27NO3/c1-5-9-17-11-14-7-8-15(16(10-14)19-6-2)20-13(4)12(3)18/h7-8,10,12-13,17-18H,5-6,9,11H2,1-4H3. The van der Waals surface area contributed by atoms with Crippen molar-refractivity contribution in [2.45, 2.75) is 52.9 Å². The van der Waals surface area contributed by atoms with Crippen molar-refractivity contribution in [1.29, 1.82) is 0 Å². The predicted octanol–water partition coefficient (Wildman–Crippen LogP) is 2.73. The number of hydrogen-bond donors (Lipinski definition) is 2. The van der Waals surface area contributed by atoms with Gasteiger partial charge in [-0.2, -0.15) is 0 Å². The maximum Gasteiger partial charge on any atom is 0.161 e. The third-order valence-corrected chi connectivity index (χ3v) is 3.06. The van der Waals surface area contributed by atoms with Gasteiger partial charge in [0.15, 0.2) is 11.5 Å². The van der Waals surface area contributed by atoms with E-state index in [1.54, 1.807) is 6.92 Å². The van der Waals surface area contributed by atoms with Gasteiger partial charge in [0.1, 0.15) is 6.10 Å². The van der Waals surface area contributed by atoms with Crippen LogP contribution in [-0.4, -0.2) is 30.5 Å². The molecular formula is C16H27NO3. The third kappa shape index (κ3) is 5.39. The quantitative estimate of drug-likeness (QED) is 0.683. The van der Waals surface area contributed by atoms with Gasteiger partial charge in [-0.25, -0.2) is 0 Å². The van der Waals surface area contributed by atoms with Gasteiger partial charge in [-0.1, -0.05) is 13.0 Å². The minimum absolute atomic E-state index is 0.265. The maximum atomic E-state index is 9.53. The molecule has 0 saturated carbocycles. The molecule has 20 heavy (non-hydrogen) atoms. The molecule has 2 unspecified atom stereocenters. The highest BCUT2D eigenvalue weighted by atomic mass is 16.5. The number of hydrogen-bond acceptors (Lipinski definition) is 4. The van der Waals surface area contributed by atoms with Crippen LogP contribution in [0.25, 0.3) is 0 Å². The van der Waals surface area contributed by atoms with E-state index in [9.17, 15) is 5.11 Å². The van der Waals surface area contributed by atoms with Crippen molar-refractivity contribution in [2.75, 3.05) is 13.2 Å². The SMILES string of the molecule is CCCNCc1ccc(OC(C)C(C)O)c(OCC)c1. The van der Waals surface area contributed by atoms with Crippen LogP contribution in [0.15, 0.2) is 18.2 Å². The molecule has 114 valence electrons. The van der Waals surface area contributed by atoms with Gasteiger partial charge in [-0.15, -0.1) is 0 Å². The van der Waals surface area contributed by atoms with E-state index in [4.69, 9.17) is 9.47 Å². The molecule has 0 radical (unpaired) electrons. The lowest BCUT2D eigenvalue weighted by Crippen LogP contribution is -2.25. The summed E-state index contributed by atoms with van der Waals surface area (Å²) in [6.45, 7) is 10.1. The van der Waals surface area contributed by atoms with Crippen LogP contribution in [0, 0.1) is 0 Å². The Bertz CT molecular complexity index is 393. The molecule has 1 aromatic carbocycles. The van der Waals surface area contributed by atoms with Crippen molar-refractivity contribution in [3.8, 4) is 11.5 Å². The minimum Gasteiger partial charge on any atom is -0.490 e. The summed E-state index contributed by atoms with van der Waals surface area (Å²) in [5.74, 6) is 1.41. The molecule has 0 heterocycles. The van der Waals surface area contributed by atoms with E-state index >= 15 is 0 Å². The Hall–Kier alpha value is -1.26. The molecule has 0 aliphatic carbocycles. The van der Waals surface area contributed by atoms with E-state index in [0.29, 0.717) is 12.4 Å². The van der Waals surface area contributed by atoms with E-state index in [2.05, 4.69) is 12.2 Å². The predicted molar refractivity (Wildman–Crippen MR) is 81.4 cm³/mol. The van der Waals surface area contributed by atoms with E-state index in [0.717, 1.165) is 25.3 Å². The first-order valence-electron chi connectivity index (χ1n) is 7.39. The molecule has 0 amide bonds. The van der Waals surface area contributed by atoms with Gasteiger partial charge in [-0.05, 0) is 51.4 Å². The lowest BCUT2D eigenvalue weighted by molar-refractivity contribution is 0.0582. The molecule has 2 atom stereocenters. The van der Waals surface area contributed by atoms with Gasteiger partial charge in [0, 0.05) is 6.54 Å². The van der Waals surface area contributed by atoms with Crippen LogP contribution in [0.5, 0.6) is 11.5 Å². The first-order chi connectivity index (χ1) is 9.58. The highest BCUT2D eigenvalue weighted by Gasteiger charge is 2.14. The fraction of sp³-hybridized carbons (Fsp3) is 0.625. The summed E-state index contributed by atoms with van der Waals surface area (Å²) in [6.07, 6.45) is 0.333. The summed E-state index contributed by atoms with van der Waals surface area (Å²) in [5, 5.41) is 12.9. The molecule has 0 aliphatic rings. The van der Waals surface area contributed by atoms with Gasteiger partial charge >= 0.3 is 0 Å². The average Bonchev–Trinajstić information content (AvgIpc) is 2.42. The maximum absolute atomic E-state index is 9.53. The number of aliphatic hydroxyl groups is 1. The molecule has 0 bridgehead atoms. The van der Waals surface area contributed by atoms with Gasteiger partial charge in [-0.3, -0.25) is 0 Å². The Morgan fingerprint density at radius 1 is 1.20 bits per heavy atom. The van der Waals surface area contributed by atoms with E-state index in [-0.39, 0.29) is 6.10 Å². The molecule has 0 spiro atoms. The summed E-state index contributed by atoms with van der Waals surface area (Å²) in [5.41, 5.74) is 1.17. The molecule has 4 nitrogen and oxygen atoms in total. The highest BCUT2D eigenvalue weighted by Crippen LogP contribution is 2.29. The average molecular weight is 281 g/mol. The largest absolute Gasteiger partial charge is 0.490 e. The van der Waals surface area contributed by atoms with Crippen molar-refractivity contribution in [3.63, 3.8) is 0 Å². The van der Waals surface area contributed by atoms with Gasteiger partial charge < -0.3 is 19.9 Å². The zero-order valence-corrected chi connectivity index (χ0v) is 13.0. The lowest BCUT2D eigenvalue weighted by Gasteiger charge is -2.20. The number of aliphatic hydroxyl groups excluding tert-OH is 1. The monoisotopic (exact) mass is 281 g/mol. The summed E-state index contributed by atoms with van der Waals surface area (Å²) in [6, 6.07) is 5.93.